The number of aliphatic hydroxyl groups excluding tert-OH is 1. The minimum absolute atomic E-state index is 0.168. The molecule has 0 amide bonds. The van der Waals surface area contributed by atoms with Gasteiger partial charge in [-0.1, -0.05) is 38.1 Å². The number of rotatable bonds is 4. The summed E-state index contributed by atoms with van der Waals surface area (Å²) in [4.78, 5) is 2.35. The molecule has 1 aliphatic rings. The van der Waals surface area contributed by atoms with Crippen molar-refractivity contribution in [3.63, 3.8) is 0 Å². The van der Waals surface area contributed by atoms with Crippen LogP contribution in [-0.2, 0) is 6.54 Å². The van der Waals surface area contributed by atoms with Gasteiger partial charge < -0.3 is 5.11 Å². The van der Waals surface area contributed by atoms with Gasteiger partial charge in [0, 0.05) is 12.6 Å². The van der Waals surface area contributed by atoms with Crippen molar-refractivity contribution in [2.45, 2.75) is 58.7 Å². The van der Waals surface area contributed by atoms with Gasteiger partial charge in [0.2, 0.25) is 0 Å². The van der Waals surface area contributed by atoms with Crippen molar-refractivity contribution in [1.82, 2.24) is 4.90 Å². The summed E-state index contributed by atoms with van der Waals surface area (Å²) in [5.74, 6) is 1.47. The molecule has 1 aromatic rings. The zero-order chi connectivity index (χ0) is 14.7. The second-order valence-electron chi connectivity index (χ2n) is 6.79. The second-order valence-corrected chi connectivity index (χ2v) is 6.79. The molecule has 1 aliphatic carbocycles. The molecular formula is C18H29NO. The third kappa shape index (κ3) is 3.62. The molecule has 1 N–H and O–H groups in total. The van der Waals surface area contributed by atoms with Crippen LogP contribution in [0, 0.1) is 18.8 Å². The molecule has 1 aromatic carbocycles. The first kappa shape index (κ1) is 15.5. The Hall–Kier alpha value is -0.860. The predicted molar refractivity (Wildman–Crippen MR) is 84.6 cm³/mol. The Morgan fingerprint density at radius 1 is 1.25 bits per heavy atom. The van der Waals surface area contributed by atoms with E-state index in [-0.39, 0.29) is 6.10 Å². The maximum atomic E-state index is 10.3. The van der Waals surface area contributed by atoms with E-state index in [9.17, 15) is 5.11 Å². The third-order valence-corrected chi connectivity index (χ3v) is 5.01. The number of nitrogens with zero attached hydrogens (tertiary/aromatic N) is 1. The first-order valence-corrected chi connectivity index (χ1v) is 7.92. The maximum absolute atomic E-state index is 10.3. The van der Waals surface area contributed by atoms with Crippen molar-refractivity contribution in [2.75, 3.05) is 7.05 Å². The van der Waals surface area contributed by atoms with Gasteiger partial charge >= 0.3 is 0 Å². The number of benzene rings is 1. The maximum Gasteiger partial charge on any atom is 0.0695 e. The number of aliphatic hydroxyl groups is 1. The van der Waals surface area contributed by atoms with Gasteiger partial charge in [-0.15, -0.1) is 0 Å². The van der Waals surface area contributed by atoms with Crippen LogP contribution in [0.25, 0.3) is 0 Å². The molecule has 112 valence electrons. The Kier molecular flexibility index (Phi) is 5.22. The molecule has 0 aromatic heterocycles. The van der Waals surface area contributed by atoms with Gasteiger partial charge in [-0.25, -0.2) is 0 Å². The zero-order valence-electron chi connectivity index (χ0n) is 13.3. The van der Waals surface area contributed by atoms with Crippen LogP contribution < -0.4 is 0 Å². The van der Waals surface area contributed by atoms with E-state index in [0.717, 1.165) is 31.2 Å². The molecule has 3 unspecified atom stereocenters. The molecule has 2 rings (SSSR count). The average molecular weight is 275 g/mol. The highest BCUT2D eigenvalue weighted by Crippen LogP contribution is 2.33. The Labute approximate surface area is 123 Å². The van der Waals surface area contributed by atoms with E-state index in [1.807, 2.05) is 0 Å². The molecule has 3 atom stereocenters. The van der Waals surface area contributed by atoms with Crippen LogP contribution >= 0.6 is 0 Å². The van der Waals surface area contributed by atoms with Crippen LogP contribution in [0.2, 0.25) is 0 Å². The topological polar surface area (TPSA) is 23.5 Å². The Balaban J connectivity index is 2.03. The van der Waals surface area contributed by atoms with Gasteiger partial charge in [0.15, 0.2) is 0 Å². The summed E-state index contributed by atoms with van der Waals surface area (Å²) in [5, 5.41) is 10.3. The van der Waals surface area contributed by atoms with E-state index in [1.165, 1.54) is 17.5 Å². The summed E-state index contributed by atoms with van der Waals surface area (Å²) >= 11 is 0. The highest BCUT2D eigenvalue weighted by Gasteiger charge is 2.33. The van der Waals surface area contributed by atoms with Crippen LogP contribution in [0.5, 0.6) is 0 Å². The van der Waals surface area contributed by atoms with Gasteiger partial charge in [0.25, 0.3) is 0 Å². The van der Waals surface area contributed by atoms with Gasteiger partial charge in [0.05, 0.1) is 6.10 Å². The Bertz CT molecular complexity index is 429. The Morgan fingerprint density at radius 2 is 1.95 bits per heavy atom. The van der Waals surface area contributed by atoms with Crippen LogP contribution in [0.4, 0.5) is 0 Å². The number of aryl methyl sites for hydroxylation is 1. The fraction of sp³-hybridized carbons (Fsp3) is 0.667. The van der Waals surface area contributed by atoms with Gasteiger partial charge in [-0.05, 0) is 56.2 Å². The molecule has 2 nitrogen and oxygen atoms in total. The highest BCUT2D eigenvalue weighted by molar-refractivity contribution is 5.25. The van der Waals surface area contributed by atoms with Crippen LogP contribution in [-0.4, -0.2) is 29.2 Å². The van der Waals surface area contributed by atoms with Crippen molar-refractivity contribution in [1.29, 1.82) is 0 Å². The van der Waals surface area contributed by atoms with E-state index in [0.29, 0.717) is 6.04 Å². The molecule has 1 fully saturated rings. The molecule has 0 aliphatic heterocycles. The summed E-state index contributed by atoms with van der Waals surface area (Å²) < 4.78 is 0. The SMILES string of the molecule is Cc1ccccc1CN(C)C1CC(C(C)C)CCC1O. The van der Waals surface area contributed by atoms with E-state index < -0.39 is 0 Å². The van der Waals surface area contributed by atoms with E-state index in [2.05, 4.69) is 57.0 Å². The van der Waals surface area contributed by atoms with Crippen LogP contribution in [0.1, 0.15) is 44.2 Å². The summed E-state index contributed by atoms with van der Waals surface area (Å²) in [5.41, 5.74) is 2.71. The second kappa shape index (κ2) is 6.73. The predicted octanol–water partition coefficient (Wildman–Crippen LogP) is 3.61. The molecule has 2 heteroatoms. The van der Waals surface area contributed by atoms with Crippen LogP contribution in [0.3, 0.4) is 0 Å². The van der Waals surface area contributed by atoms with Gasteiger partial charge in [-0.3, -0.25) is 4.90 Å². The summed E-state index contributed by atoms with van der Waals surface area (Å²) in [6.07, 6.45) is 3.08. The lowest BCUT2D eigenvalue weighted by Gasteiger charge is -2.40. The lowest BCUT2D eigenvalue weighted by Crippen LogP contribution is -2.46. The molecule has 0 spiro atoms. The summed E-state index contributed by atoms with van der Waals surface area (Å²) in [6, 6.07) is 8.85. The number of hydrogen-bond acceptors (Lipinski definition) is 2. The molecule has 1 saturated carbocycles. The Morgan fingerprint density at radius 3 is 2.60 bits per heavy atom. The van der Waals surface area contributed by atoms with Crippen molar-refractivity contribution in [2.24, 2.45) is 11.8 Å². The highest BCUT2D eigenvalue weighted by atomic mass is 16.3. The third-order valence-electron chi connectivity index (χ3n) is 5.01. The molecular weight excluding hydrogens is 246 g/mol. The molecule has 20 heavy (non-hydrogen) atoms. The van der Waals surface area contributed by atoms with E-state index in [4.69, 9.17) is 0 Å². The minimum atomic E-state index is -0.168. The quantitative estimate of drug-likeness (QED) is 0.907. The van der Waals surface area contributed by atoms with Crippen molar-refractivity contribution in [3.05, 3.63) is 35.4 Å². The smallest absolute Gasteiger partial charge is 0.0695 e. The lowest BCUT2D eigenvalue weighted by molar-refractivity contribution is 0.00309. The van der Waals surface area contributed by atoms with Crippen LogP contribution in [0.15, 0.2) is 24.3 Å². The van der Waals surface area contributed by atoms with Gasteiger partial charge in [-0.2, -0.15) is 0 Å². The van der Waals surface area contributed by atoms with E-state index >= 15 is 0 Å². The largest absolute Gasteiger partial charge is 0.391 e. The summed E-state index contributed by atoms with van der Waals surface area (Å²) in [6.45, 7) is 7.71. The van der Waals surface area contributed by atoms with Crippen molar-refractivity contribution >= 4 is 0 Å². The standard InChI is InChI=1S/C18H29NO/c1-13(2)15-9-10-18(20)17(11-15)19(4)12-16-8-6-5-7-14(16)3/h5-8,13,15,17-18,20H,9-12H2,1-4H3. The summed E-state index contributed by atoms with van der Waals surface area (Å²) in [7, 11) is 2.16. The number of likely N-dealkylation sites (N-methyl/N-ethyl adjacent to an activating group) is 1. The normalized spacial score (nSPS) is 27.2. The number of hydrogen-bond donors (Lipinski definition) is 1. The van der Waals surface area contributed by atoms with Crippen molar-refractivity contribution in [3.8, 4) is 0 Å². The van der Waals surface area contributed by atoms with Gasteiger partial charge in [0.1, 0.15) is 0 Å². The molecule has 0 saturated heterocycles. The fourth-order valence-electron chi connectivity index (χ4n) is 3.41. The monoisotopic (exact) mass is 275 g/mol. The molecule has 0 radical (unpaired) electrons. The molecule has 0 bridgehead atoms. The molecule has 0 heterocycles. The lowest BCUT2D eigenvalue weighted by atomic mass is 9.77. The first-order valence-electron chi connectivity index (χ1n) is 7.92. The van der Waals surface area contributed by atoms with Crippen molar-refractivity contribution < 1.29 is 5.11 Å². The fourth-order valence-corrected chi connectivity index (χ4v) is 3.41. The first-order chi connectivity index (χ1) is 9.49. The minimum Gasteiger partial charge on any atom is -0.391 e. The zero-order valence-corrected chi connectivity index (χ0v) is 13.3. The van der Waals surface area contributed by atoms with E-state index in [1.54, 1.807) is 0 Å². The average Bonchev–Trinajstić information content (AvgIpc) is 2.41.